The van der Waals surface area contributed by atoms with Crippen LogP contribution in [0.1, 0.15) is 34.6 Å². The van der Waals surface area contributed by atoms with Crippen molar-refractivity contribution in [3.63, 3.8) is 0 Å². The summed E-state index contributed by atoms with van der Waals surface area (Å²) in [6.45, 7) is 5.22. The fraction of sp³-hybridized carbons (Fsp3) is 0.312. The van der Waals surface area contributed by atoms with Crippen LogP contribution in [0.2, 0.25) is 0 Å². The van der Waals surface area contributed by atoms with Crippen LogP contribution in [0.25, 0.3) is 0 Å². The van der Waals surface area contributed by atoms with Gasteiger partial charge in [0.25, 0.3) is 0 Å². The van der Waals surface area contributed by atoms with Crippen LogP contribution in [0.5, 0.6) is 0 Å². The summed E-state index contributed by atoms with van der Waals surface area (Å²) in [6, 6.07) is 8.80. The minimum atomic E-state index is -1.23. The minimum absolute atomic E-state index is 0.236. The molecule has 0 unspecified atom stereocenters. The van der Waals surface area contributed by atoms with Gasteiger partial charge in [0.15, 0.2) is 0 Å². The van der Waals surface area contributed by atoms with Gasteiger partial charge in [-0.25, -0.2) is 9.18 Å². The Balaban J connectivity index is 2.21. The van der Waals surface area contributed by atoms with Crippen molar-refractivity contribution in [2.24, 2.45) is 0 Å². The van der Waals surface area contributed by atoms with E-state index < -0.39 is 11.8 Å². The Bertz CT molecular complexity index is 611. The highest BCUT2D eigenvalue weighted by Gasteiger charge is 2.18. The molecule has 0 amide bonds. The largest absolute Gasteiger partial charge is 0.478 e. The fourth-order valence-electron chi connectivity index (χ4n) is 2.11. The van der Waals surface area contributed by atoms with E-state index in [-0.39, 0.29) is 11.6 Å². The number of thiophene rings is 1. The molecule has 0 fully saturated rings. The average molecular weight is 307 g/mol. The fourth-order valence-corrected chi connectivity index (χ4v) is 2.84. The number of nitrogens with zero attached hydrogens (tertiary/aromatic N) is 1. The summed E-state index contributed by atoms with van der Waals surface area (Å²) in [5, 5.41) is 11.0. The number of rotatable bonds is 6. The van der Waals surface area contributed by atoms with E-state index in [0.717, 1.165) is 6.54 Å². The van der Waals surface area contributed by atoms with Crippen molar-refractivity contribution >= 4 is 17.3 Å². The molecule has 0 aliphatic heterocycles. The third kappa shape index (κ3) is 3.89. The highest BCUT2D eigenvalue weighted by Crippen LogP contribution is 2.20. The van der Waals surface area contributed by atoms with Crippen LogP contribution in [0.4, 0.5) is 4.39 Å². The molecule has 1 aromatic carbocycles. The number of carboxylic acids is 1. The van der Waals surface area contributed by atoms with Gasteiger partial charge >= 0.3 is 5.97 Å². The number of aromatic carboxylic acids is 1. The molecule has 2 rings (SSSR count). The van der Waals surface area contributed by atoms with Gasteiger partial charge in [-0.2, -0.15) is 0 Å². The van der Waals surface area contributed by atoms with Crippen LogP contribution < -0.4 is 0 Å². The van der Waals surface area contributed by atoms with Crippen molar-refractivity contribution in [1.29, 1.82) is 0 Å². The maximum Gasteiger partial charge on any atom is 0.338 e. The van der Waals surface area contributed by atoms with Gasteiger partial charge in [0, 0.05) is 29.6 Å². The Kier molecular flexibility index (Phi) is 5.09. The van der Waals surface area contributed by atoms with Crippen molar-refractivity contribution < 1.29 is 14.3 Å². The van der Waals surface area contributed by atoms with Crippen LogP contribution in [-0.4, -0.2) is 22.0 Å². The third-order valence-corrected chi connectivity index (χ3v) is 4.21. The van der Waals surface area contributed by atoms with Crippen molar-refractivity contribution in [2.75, 3.05) is 0 Å². The molecule has 3 nitrogen and oxygen atoms in total. The molecule has 21 heavy (non-hydrogen) atoms. The van der Waals surface area contributed by atoms with Gasteiger partial charge in [-0.05, 0) is 31.4 Å². The molecule has 2 aromatic rings. The first kappa shape index (κ1) is 15.7. The number of carbonyl (C=O) groups is 1. The van der Waals surface area contributed by atoms with Crippen LogP contribution in [0.15, 0.2) is 35.7 Å². The van der Waals surface area contributed by atoms with Gasteiger partial charge in [-0.3, -0.25) is 4.90 Å². The van der Waals surface area contributed by atoms with E-state index in [2.05, 4.69) is 4.90 Å². The van der Waals surface area contributed by atoms with Crippen LogP contribution in [0.3, 0.4) is 0 Å². The maximum atomic E-state index is 14.2. The van der Waals surface area contributed by atoms with Gasteiger partial charge in [0.2, 0.25) is 0 Å². The number of carboxylic acid groups (broad SMARTS) is 1. The molecule has 1 aromatic heterocycles. The molecule has 0 bridgehead atoms. The zero-order valence-corrected chi connectivity index (χ0v) is 12.9. The average Bonchev–Trinajstić information content (AvgIpc) is 2.92. The van der Waals surface area contributed by atoms with Crippen molar-refractivity contribution in [2.45, 2.75) is 33.0 Å². The molecule has 0 atom stereocenters. The molecule has 1 N–H and O–H groups in total. The van der Waals surface area contributed by atoms with E-state index >= 15 is 0 Å². The van der Waals surface area contributed by atoms with Gasteiger partial charge in [0.05, 0.1) is 5.56 Å². The van der Waals surface area contributed by atoms with Gasteiger partial charge in [0.1, 0.15) is 5.82 Å². The minimum Gasteiger partial charge on any atom is -0.478 e. The Hall–Kier alpha value is -1.72. The number of hydrogen-bond acceptors (Lipinski definition) is 3. The van der Waals surface area contributed by atoms with Crippen molar-refractivity contribution in [3.05, 3.63) is 57.5 Å². The SMILES string of the molecule is CC(C)N(Cc1cccs1)Cc1cccc(C(=O)O)c1F. The van der Waals surface area contributed by atoms with Gasteiger partial charge in [-0.1, -0.05) is 18.2 Å². The zero-order chi connectivity index (χ0) is 15.4. The second kappa shape index (κ2) is 6.83. The quantitative estimate of drug-likeness (QED) is 0.877. The molecular weight excluding hydrogens is 289 g/mol. The Morgan fingerprint density at radius 2 is 2.05 bits per heavy atom. The summed E-state index contributed by atoms with van der Waals surface area (Å²) >= 11 is 1.66. The zero-order valence-electron chi connectivity index (χ0n) is 12.0. The van der Waals surface area contributed by atoms with Crippen LogP contribution in [-0.2, 0) is 13.1 Å². The lowest BCUT2D eigenvalue weighted by Crippen LogP contribution is -2.30. The number of benzene rings is 1. The molecule has 1 heterocycles. The molecule has 0 saturated heterocycles. The molecule has 0 saturated carbocycles. The second-order valence-corrected chi connectivity index (χ2v) is 6.19. The third-order valence-electron chi connectivity index (χ3n) is 3.35. The monoisotopic (exact) mass is 307 g/mol. The van der Waals surface area contributed by atoms with Crippen molar-refractivity contribution in [3.8, 4) is 0 Å². The van der Waals surface area contributed by atoms with Crippen LogP contribution in [0, 0.1) is 5.82 Å². The van der Waals surface area contributed by atoms with E-state index in [4.69, 9.17) is 5.11 Å². The van der Waals surface area contributed by atoms with E-state index in [1.165, 1.54) is 10.9 Å². The lowest BCUT2D eigenvalue weighted by molar-refractivity contribution is 0.0691. The molecule has 0 aliphatic carbocycles. The highest BCUT2D eigenvalue weighted by molar-refractivity contribution is 7.09. The maximum absolute atomic E-state index is 14.2. The van der Waals surface area contributed by atoms with E-state index in [0.29, 0.717) is 12.1 Å². The van der Waals surface area contributed by atoms with Crippen LogP contribution >= 0.6 is 11.3 Å². The highest BCUT2D eigenvalue weighted by atomic mass is 32.1. The Labute approximate surface area is 127 Å². The Morgan fingerprint density at radius 3 is 2.62 bits per heavy atom. The molecule has 5 heteroatoms. The lowest BCUT2D eigenvalue weighted by atomic mass is 10.1. The van der Waals surface area contributed by atoms with E-state index in [1.807, 2.05) is 31.4 Å². The lowest BCUT2D eigenvalue weighted by Gasteiger charge is -2.26. The van der Waals surface area contributed by atoms with E-state index in [1.54, 1.807) is 23.5 Å². The summed E-state index contributed by atoms with van der Waals surface area (Å²) in [6.07, 6.45) is 0. The first-order valence-electron chi connectivity index (χ1n) is 6.76. The van der Waals surface area contributed by atoms with E-state index in [9.17, 15) is 9.18 Å². The predicted molar refractivity (Wildman–Crippen MR) is 82.1 cm³/mol. The summed E-state index contributed by atoms with van der Waals surface area (Å²) in [7, 11) is 0. The molecule has 0 aliphatic rings. The summed E-state index contributed by atoms with van der Waals surface area (Å²) in [5.74, 6) is -1.87. The smallest absolute Gasteiger partial charge is 0.338 e. The normalized spacial score (nSPS) is 11.3. The number of halogens is 1. The summed E-state index contributed by atoms with van der Waals surface area (Å²) in [5.41, 5.74) is 0.146. The topological polar surface area (TPSA) is 40.5 Å². The second-order valence-electron chi connectivity index (χ2n) is 5.16. The molecular formula is C16H18FNO2S. The Morgan fingerprint density at radius 1 is 1.29 bits per heavy atom. The van der Waals surface area contributed by atoms with Crippen molar-refractivity contribution in [1.82, 2.24) is 4.90 Å². The number of hydrogen-bond donors (Lipinski definition) is 1. The summed E-state index contributed by atoms with van der Waals surface area (Å²) in [4.78, 5) is 14.3. The van der Waals surface area contributed by atoms with Gasteiger partial charge in [-0.15, -0.1) is 11.3 Å². The molecule has 112 valence electrons. The standard InChI is InChI=1S/C16H18FNO2S/c1-11(2)18(10-13-6-4-8-21-13)9-12-5-3-7-14(15(12)17)16(19)20/h3-8,11H,9-10H2,1-2H3,(H,19,20). The molecule has 0 radical (unpaired) electrons. The first-order chi connectivity index (χ1) is 9.99. The first-order valence-corrected chi connectivity index (χ1v) is 7.64. The van der Waals surface area contributed by atoms with Gasteiger partial charge < -0.3 is 5.11 Å². The predicted octanol–water partition coefficient (Wildman–Crippen LogP) is 4.00. The molecule has 0 spiro atoms. The summed E-state index contributed by atoms with van der Waals surface area (Å²) < 4.78 is 14.2.